The summed E-state index contributed by atoms with van der Waals surface area (Å²) in [5.74, 6) is 0.179. The third kappa shape index (κ3) is 4.98. The summed E-state index contributed by atoms with van der Waals surface area (Å²) in [5, 5.41) is 17.7. The maximum atomic E-state index is 14.0. The first kappa shape index (κ1) is 21.6. The number of guanidine groups is 1. The summed E-state index contributed by atoms with van der Waals surface area (Å²) < 4.78 is 14.0. The highest BCUT2D eigenvalue weighted by molar-refractivity contribution is 14.0. The Morgan fingerprint density at radius 2 is 1.89 bits per heavy atom. The SMILES string of the molecule is CN=C(NCc1ccc(C#N)cc1F)NC(C)c1cccc2ccccc12.I. The molecule has 1 atom stereocenters. The lowest BCUT2D eigenvalue weighted by atomic mass is 10.00. The molecule has 28 heavy (non-hydrogen) atoms. The molecule has 0 bridgehead atoms. The number of hydrogen-bond donors (Lipinski definition) is 2. The quantitative estimate of drug-likeness (QED) is 0.312. The summed E-state index contributed by atoms with van der Waals surface area (Å²) in [7, 11) is 1.68. The first-order valence-electron chi connectivity index (χ1n) is 8.75. The monoisotopic (exact) mass is 488 g/mol. The molecule has 0 saturated heterocycles. The molecule has 0 amide bonds. The smallest absolute Gasteiger partial charge is 0.191 e. The normalized spacial score (nSPS) is 12.0. The number of nitriles is 1. The number of nitrogens with one attached hydrogen (secondary N) is 2. The minimum atomic E-state index is -0.404. The second-order valence-electron chi connectivity index (χ2n) is 6.28. The van der Waals surface area contributed by atoms with E-state index in [9.17, 15) is 4.39 Å². The largest absolute Gasteiger partial charge is 0.352 e. The zero-order valence-corrected chi connectivity index (χ0v) is 18.1. The van der Waals surface area contributed by atoms with Crippen molar-refractivity contribution in [2.24, 2.45) is 4.99 Å². The van der Waals surface area contributed by atoms with Gasteiger partial charge in [0, 0.05) is 19.2 Å². The van der Waals surface area contributed by atoms with Crippen molar-refractivity contribution in [2.75, 3.05) is 7.05 Å². The van der Waals surface area contributed by atoms with Crippen LogP contribution in [0.4, 0.5) is 4.39 Å². The van der Waals surface area contributed by atoms with E-state index in [2.05, 4.69) is 46.8 Å². The van der Waals surface area contributed by atoms with E-state index in [0.717, 1.165) is 0 Å². The molecular weight excluding hydrogens is 466 g/mol. The summed E-state index contributed by atoms with van der Waals surface area (Å²) in [6, 6.07) is 20.9. The van der Waals surface area contributed by atoms with Gasteiger partial charge in [0.2, 0.25) is 0 Å². The minimum Gasteiger partial charge on any atom is -0.352 e. The fourth-order valence-corrected chi connectivity index (χ4v) is 3.04. The maximum absolute atomic E-state index is 14.0. The van der Waals surface area contributed by atoms with Crippen molar-refractivity contribution in [3.05, 3.63) is 83.2 Å². The molecule has 0 radical (unpaired) electrons. The lowest BCUT2D eigenvalue weighted by molar-refractivity contribution is 0.602. The number of rotatable bonds is 4. The molecule has 0 aliphatic rings. The van der Waals surface area contributed by atoms with Gasteiger partial charge in [0.05, 0.1) is 17.7 Å². The van der Waals surface area contributed by atoms with Crippen molar-refractivity contribution < 1.29 is 4.39 Å². The third-order valence-corrected chi connectivity index (χ3v) is 4.50. The molecule has 2 N–H and O–H groups in total. The molecule has 0 heterocycles. The first-order valence-corrected chi connectivity index (χ1v) is 8.75. The van der Waals surface area contributed by atoms with Crippen LogP contribution in [0, 0.1) is 17.1 Å². The van der Waals surface area contributed by atoms with Crippen molar-refractivity contribution in [3.63, 3.8) is 0 Å². The van der Waals surface area contributed by atoms with Gasteiger partial charge in [0.25, 0.3) is 0 Å². The molecule has 6 heteroatoms. The van der Waals surface area contributed by atoms with Gasteiger partial charge in [-0.15, -0.1) is 24.0 Å². The molecule has 0 fully saturated rings. The predicted molar refractivity (Wildman–Crippen MR) is 122 cm³/mol. The Morgan fingerprint density at radius 3 is 2.61 bits per heavy atom. The molecule has 0 saturated carbocycles. The highest BCUT2D eigenvalue weighted by atomic mass is 127. The van der Waals surface area contributed by atoms with Gasteiger partial charge in [0.1, 0.15) is 5.82 Å². The lowest BCUT2D eigenvalue weighted by Gasteiger charge is -2.20. The van der Waals surface area contributed by atoms with Crippen molar-refractivity contribution in [1.29, 1.82) is 5.26 Å². The Bertz CT molecular complexity index is 1020. The van der Waals surface area contributed by atoms with Gasteiger partial charge in [-0.1, -0.05) is 48.5 Å². The predicted octanol–water partition coefficient (Wildman–Crippen LogP) is 4.89. The number of hydrogen-bond acceptors (Lipinski definition) is 2. The molecule has 0 spiro atoms. The summed E-state index contributed by atoms with van der Waals surface area (Å²) >= 11 is 0. The van der Waals surface area contributed by atoms with Crippen LogP contribution in [0.2, 0.25) is 0 Å². The maximum Gasteiger partial charge on any atom is 0.191 e. The average molecular weight is 488 g/mol. The molecule has 3 aromatic carbocycles. The molecule has 0 aromatic heterocycles. The fraction of sp³-hybridized carbons (Fsp3) is 0.182. The summed E-state index contributed by atoms with van der Waals surface area (Å²) in [6.45, 7) is 2.34. The first-order chi connectivity index (χ1) is 13.1. The van der Waals surface area contributed by atoms with Crippen LogP contribution in [0.1, 0.15) is 29.7 Å². The van der Waals surface area contributed by atoms with Gasteiger partial charge in [-0.05, 0) is 35.4 Å². The van der Waals surface area contributed by atoms with Gasteiger partial charge < -0.3 is 10.6 Å². The van der Waals surface area contributed by atoms with Gasteiger partial charge >= 0.3 is 0 Å². The molecule has 0 aliphatic heterocycles. The number of benzene rings is 3. The van der Waals surface area contributed by atoms with Crippen LogP contribution in [-0.2, 0) is 6.54 Å². The second kappa shape index (κ2) is 10.0. The van der Waals surface area contributed by atoms with Crippen LogP contribution in [0.3, 0.4) is 0 Å². The van der Waals surface area contributed by atoms with Gasteiger partial charge in [0.15, 0.2) is 5.96 Å². The van der Waals surface area contributed by atoms with Gasteiger partial charge in [-0.25, -0.2) is 4.39 Å². The van der Waals surface area contributed by atoms with Crippen LogP contribution in [0.15, 0.2) is 65.7 Å². The van der Waals surface area contributed by atoms with E-state index in [1.807, 2.05) is 24.3 Å². The Morgan fingerprint density at radius 1 is 1.14 bits per heavy atom. The van der Waals surface area contributed by atoms with Crippen LogP contribution >= 0.6 is 24.0 Å². The highest BCUT2D eigenvalue weighted by Gasteiger charge is 2.11. The number of aliphatic imine (C=N–C) groups is 1. The molecule has 1 unspecified atom stereocenters. The van der Waals surface area contributed by atoms with Gasteiger partial charge in [-0.3, -0.25) is 4.99 Å². The van der Waals surface area contributed by atoms with E-state index in [-0.39, 0.29) is 36.6 Å². The zero-order valence-electron chi connectivity index (χ0n) is 15.7. The standard InChI is InChI=1S/C22H21FN4.HI/c1-15(19-9-5-7-17-6-3-4-8-20(17)19)27-22(25-2)26-14-18-11-10-16(13-24)12-21(18)23;/h3-12,15H,14H2,1-2H3,(H2,25,26,27);1H. The van der Waals surface area contributed by atoms with Crippen molar-refractivity contribution >= 4 is 40.7 Å². The Hall–Kier alpha value is -2.66. The number of fused-ring (bicyclic) bond motifs is 1. The summed E-state index contributed by atoms with van der Waals surface area (Å²) in [5.41, 5.74) is 1.96. The van der Waals surface area contributed by atoms with Crippen LogP contribution in [0.25, 0.3) is 10.8 Å². The third-order valence-electron chi connectivity index (χ3n) is 4.50. The van der Waals surface area contributed by atoms with E-state index in [1.165, 1.54) is 22.4 Å². The Kier molecular flexibility index (Phi) is 7.76. The second-order valence-corrected chi connectivity index (χ2v) is 6.28. The van der Waals surface area contributed by atoms with E-state index in [0.29, 0.717) is 17.1 Å². The van der Waals surface area contributed by atoms with Crippen LogP contribution < -0.4 is 10.6 Å². The Labute approximate surface area is 181 Å². The number of halogens is 2. The number of nitrogens with zero attached hydrogens (tertiary/aromatic N) is 2. The highest BCUT2D eigenvalue weighted by Crippen LogP contribution is 2.24. The zero-order chi connectivity index (χ0) is 19.2. The lowest BCUT2D eigenvalue weighted by Crippen LogP contribution is -2.38. The molecule has 3 rings (SSSR count). The molecule has 144 valence electrons. The molecule has 4 nitrogen and oxygen atoms in total. The average Bonchev–Trinajstić information content (AvgIpc) is 2.71. The molecule has 3 aromatic rings. The Balaban J connectivity index is 0.00000280. The minimum absolute atomic E-state index is 0. The van der Waals surface area contributed by atoms with Crippen molar-refractivity contribution in [2.45, 2.75) is 19.5 Å². The van der Waals surface area contributed by atoms with Crippen LogP contribution in [-0.4, -0.2) is 13.0 Å². The van der Waals surface area contributed by atoms with Crippen molar-refractivity contribution in [3.8, 4) is 6.07 Å². The summed E-state index contributed by atoms with van der Waals surface area (Å²) in [6.07, 6.45) is 0. The van der Waals surface area contributed by atoms with Crippen LogP contribution in [0.5, 0.6) is 0 Å². The van der Waals surface area contributed by atoms with E-state index in [1.54, 1.807) is 19.2 Å². The van der Waals surface area contributed by atoms with Crippen molar-refractivity contribution in [1.82, 2.24) is 10.6 Å². The molecular formula is C22H22FIN4. The van der Waals surface area contributed by atoms with Gasteiger partial charge in [-0.2, -0.15) is 5.26 Å². The van der Waals surface area contributed by atoms with E-state index >= 15 is 0 Å². The van der Waals surface area contributed by atoms with E-state index < -0.39 is 5.82 Å². The summed E-state index contributed by atoms with van der Waals surface area (Å²) in [4.78, 5) is 4.23. The van der Waals surface area contributed by atoms with E-state index in [4.69, 9.17) is 5.26 Å². The molecule has 0 aliphatic carbocycles. The fourth-order valence-electron chi connectivity index (χ4n) is 3.04. The topological polar surface area (TPSA) is 60.2 Å².